The van der Waals surface area contributed by atoms with Crippen LogP contribution in [0.2, 0.25) is 5.02 Å². The van der Waals surface area contributed by atoms with Crippen molar-refractivity contribution >= 4 is 23.2 Å². The van der Waals surface area contributed by atoms with E-state index in [1.807, 2.05) is 30.3 Å². The Kier molecular flexibility index (Phi) is 4.63. The Morgan fingerprint density at radius 2 is 1.82 bits per heavy atom. The fourth-order valence-corrected chi connectivity index (χ4v) is 3.11. The van der Waals surface area contributed by atoms with Crippen LogP contribution in [0, 0.1) is 0 Å². The molecule has 2 aromatic carbocycles. The second-order valence-corrected chi connectivity index (χ2v) is 7.03. The van der Waals surface area contributed by atoms with E-state index in [4.69, 9.17) is 11.6 Å². The van der Waals surface area contributed by atoms with Gasteiger partial charge in [-0.25, -0.2) is 4.68 Å². The highest BCUT2D eigenvalue weighted by Gasteiger charge is 2.31. The molecule has 0 radical (unpaired) electrons. The molecule has 1 aliphatic rings. The van der Waals surface area contributed by atoms with E-state index >= 15 is 0 Å². The van der Waals surface area contributed by atoms with Crippen LogP contribution in [0.3, 0.4) is 0 Å². The molecule has 1 aliphatic carbocycles. The summed E-state index contributed by atoms with van der Waals surface area (Å²) in [7, 11) is 0. The summed E-state index contributed by atoms with van der Waals surface area (Å²) < 4.78 is 39.9. The van der Waals surface area contributed by atoms with Crippen molar-refractivity contribution < 1.29 is 18.0 Å². The number of carbonyl (C=O) groups is 1. The Balaban J connectivity index is 1.65. The highest BCUT2D eigenvalue weighted by Crippen LogP contribution is 2.40. The Hall–Kier alpha value is -2.80. The zero-order valence-corrected chi connectivity index (χ0v) is 15.3. The van der Waals surface area contributed by atoms with Gasteiger partial charge in [-0.2, -0.15) is 18.3 Å². The van der Waals surface area contributed by atoms with Crippen molar-refractivity contribution in [1.82, 2.24) is 9.78 Å². The molecule has 144 valence electrons. The number of nitrogens with one attached hydrogen (secondary N) is 1. The molecule has 4 rings (SSSR count). The van der Waals surface area contributed by atoms with Gasteiger partial charge in [0, 0.05) is 5.92 Å². The van der Waals surface area contributed by atoms with E-state index in [1.165, 1.54) is 0 Å². The van der Waals surface area contributed by atoms with Crippen molar-refractivity contribution in [3.63, 3.8) is 0 Å². The van der Waals surface area contributed by atoms with Crippen LogP contribution >= 0.6 is 11.6 Å². The molecular weight excluding hydrogens is 391 g/mol. The summed E-state index contributed by atoms with van der Waals surface area (Å²) in [6.45, 7) is 0. The number of para-hydroxylation sites is 1. The molecule has 8 heteroatoms. The van der Waals surface area contributed by atoms with E-state index in [9.17, 15) is 18.0 Å². The van der Waals surface area contributed by atoms with Crippen LogP contribution in [0.1, 0.15) is 40.5 Å². The minimum Gasteiger partial charge on any atom is -0.319 e. The van der Waals surface area contributed by atoms with E-state index in [0.29, 0.717) is 11.6 Å². The van der Waals surface area contributed by atoms with E-state index in [-0.39, 0.29) is 10.7 Å². The van der Waals surface area contributed by atoms with Crippen molar-refractivity contribution in [2.45, 2.75) is 24.9 Å². The molecule has 4 nitrogen and oxygen atoms in total. The third-order valence-electron chi connectivity index (χ3n) is 4.50. The van der Waals surface area contributed by atoms with Gasteiger partial charge in [0.2, 0.25) is 0 Å². The molecule has 3 aromatic rings. The molecule has 1 fully saturated rings. The molecule has 0 saturated heterocycles. The van der Waals surface area contributed by atoms with Crippen LogP contribution < -0.4 is 5.32 Å². The first-order chi connectivity index (χ1) is 13.3. The Bertz CT molecular complexity index is 1030. The molecule has 0 unspecified atom stereocenters. The molecule has 1 saturated carbocycles. The number of aromatic nitrogens is 2. The normalized spacial score (nSPS) is 14.1. The highest BCUT2D eigenvalue weighted by atomic mass is 35.5. The van der Waals surface area contributed by atoms with Crippen LogP contribution in [0.25, 0.3) is 5.69 Å². The Morgan fingerprint density at radius 1 is 1.11 bits per heavy atom. The highest BCUT2D eigenvalue weighted by molar-refractivity contribution is 6.34. The second-order valence-electron chi connectivity index (χ2n) is 6.62. The lowest BCUT2D eigenvalue weighted by Crippen LogP contribution is -2.17. The number of alkyl halides is 3. The third kappa shape index (κ3) is 3.75. The SMILES string of the molecule is O=C(Nc1ccc(C(F)(F)F)cc1Cl)c1cc(C2CC2)nn1-c1ccccc1. The van der Waals surface area contributed by atoms with E-state index < -0.39 is 17.6 Å². The number of nitrogens with zero attached hydrogens (tertiary/aromatic N) is 2. The minimum atomic E-state index is -4.50. The standard InChI is InChI=1S/C20H15ClF3N3O/c21-15-10-13(20(22,23)24)8-9-16(15)25-19(28)18-11-17(12-6-7-12)26-27(18)14-4-2-1-3-5-14/h1-5,8-12H,6-7H2,(H,25,28). The number of halogens is 4. The minimum absolute atomic E-state index is 0.105. The lowest BCUT2D eigenvalue weighted by molar-refractivity contribution is -0.137. The van der Waals surface area contributed by atoms with Gasteiger partial charge in [0.1, 0.15) is 5.69 Å². The molecule has 0 bridgehead atoms. The smallest absolute Gasteiger partial charge is 0.319 e. The molecular formula is C20H15ClF3N3O. The molecule has 0 spiro atoms. The number of amides is 1. The van der Waals surface area contributed by atoms with E-state index in [1.54, 1.807) is 10.7 Å². The van der Waals surface area contributed by atoms with Gasteiger partial charge in [-0.05, 0) is 49.2 Å². The van der Waals surface area contributed by atoms with Crippen LogP contribution in [0.5, 0.6) is 0 Å². The molecule has 0 aliphatic heterocycles. The second kappa shape index (κ2) is 6.98. The monoisotopic (exact) mass is 405 g/mol. The summed E-state index contributed by atoms with van der Waals surface area (Å²) >= 11 is 5.95. The van der Waals surface area contributed by atoms with Crippen molar-refractivity contribution in [1.29, 1.82) is 0 Å². The average Bonchev–Trinajstić information content (AvgIpc) is 3.41. The van der Waals surface area contributed by atoms with Crippen molar-refractivity contribution in [3.8, 4) is 5.69 Å². The summed E-state index contributed by atoms with van der Waals surface area (Å²) in [6.07, 6.45) is -2.45. The number of rotatable bonds is 4. The largest absolute Gasteiger partial charge is 0.416 e. The van der Waals surface area contributed by atoms with Gasteiger partial charge >= 0.3 is 6.18 Å². The van der Waals surface area contributed by atoms with Gasteiger partial charge in [-0.3, -0.25) is 4.79 Å². The fraction of sp³-hybridized carbons (Fsp3) is 0.200. The quantitative estimate of drug-likeness (QED) is 0.607. The van der Waals surface area contributed by atoms with Gasteiger partial charge in [0.15, 0.2) is 0 Å². The molecule has 1 heterocycles. The zero-order chi connectivity index (χ0) is 19.9. The Labute approximate surface area is 163 Å². The van der Waals surface area contributed by atoms with Crippen LogP contribution in [0.15, 0.2) is 54.6 Å². The van der Waals surface area contributed by atoms with Gasteiger partial charge in [0.05, 0.1) is 27.7 Å². The Morgan fingerprint density at radius 3 is 2.43 bits per heavy atom. The van der Waals surface area contributed by atoms with Crippen molar-refractivity contribution in [3.05, 3.63) is 76.6 Å². The molecule has 1 N–H and O–H groups in total. The first kappa shape index (κ1) is 18.6. The van der Waals surface area contributed by atoms with Crippen molar-refractivity contribution in [2.75, 3.05) is 5.32 Å². The predicted molar refractivity (Wildman–Crippen MR) is 99.9 cm³/mol. The lowest BCUT2D eigenvalue weighted by atomic mass is 10.2. The maximum atomic E-state index is 12.8. The van der Waals surface area contributed by atoms with Crippen molar-refractivity contribution in [2.24, 2.45) is 0 Å². The third-order valence-corrected chi connectivity index (χ3v) is 4.81. The topological polar surface area (TPSA) is 46.9 Å². The number of hydrogen-bond donors (Lipinski definition) is 1. The maximum absolute atomic E-state index is 12.8. The van der Waals surface area contributed by atoms with Crippen LogP contribution in [-0.2, 0) is 6.18 Å². The molecule has 1 amide bonds. The first-order valence-corrected chi connectivity index (χ1v) is 9.04. The summed E-state index contributed by atoms with van der Waals surface area (Å²) in [5, 5.41) is 6.95. The molecule has 28 heavy (non-hydrogen) atoms. The predicted octanol–water partition coefficient (Wildman–Crippen LogP) is 5.67. The zero-order valence-electron chi connectivity index (χ0n) is 14.5. The van der Waals surface area contributed by atoms with E-state index in [2.05, 4.69) is 10.4 Å². The molecule has 1 aromatic heterocycles. The maximum Gasteiger partial charge on any atom is 0.416 e. The summed E-state index contributed by atoms with van der Waals surface area (Å²) in [5.41, 5.74) is 1.07. The van der Waals surface area contributed by atoms with E-state index in [0.717, 1.165) is 42.4 Å². The first-order valence-electron chi connectivity index (χ1n) is 8.66. The number of carbonyl (C=O) groups excluding carboxylic acids is 1. The van der Waals surface area contributed by atoms with Gasteiger partial charge in [0.25, 0.3) is 5.91 Å². The van der Waals surface area contributed by atoms with Crippen LogP contribution in [-0.4, -0.2) is 15.7 Å². The van der Waals surface area contributed by atoms with Gasteiger partial charge in [-0.1, -0.05) is 29.8 Å². The van der Waals surface area contributed by atoms with Gasteiger partial charge in [-0.15, -0.1) is 0 Å². The number of anilines is 1. The fourth-order valence-electron chi connectivity index (χ4n) is 2.88. The van der Waals surface area contributed by atoms with Gasteiger partial charge < -0.3 is 5.32 Å². The molecule has 0 atom stereocenters. The average molecular weight is 406 g/mol. The lowest BCUT2D eigenvalue weighted by Gasteiger charge is -2.12. The number of hydrogen-bond acceptors (Lipinski definition) is 2. The summed E-state index contributed by atoms with van der Waals surface area (Å²) in [4.78, 5) is 12.8. The number of benzene rings is 2. The van der Waals surface area contributed by atoms with Crippen LogP contribution in [0.4, 0.5) is 18.9 Å². The summed E-state index contributed by atoms with van der Waals surface area (Å²) in [6, 6.07) is 13.7. The summed E-state index contributed by atoms with van der Waals surface area (Å²) in [5.74, 6) is -0.156.